The number of phenolic OH excluding ortho intramolecular Hbond substituents is 1. The van der Waals surface area contributed by atoms with E-state index in [1.165, 1.54) is 12.1 Å². The molecule has 1 aromatic rings. The summed E-state index contributed by atoms with van der Waals surface area (Å²) in [6.07, 6.45) is -4.53. The van der Waals surface area contributed by atoms with Gasteiger partial charge in [-0.15, -0.1) is 0 Å². The fraction of sp³-hybridized carbons (Fsp3) is 0.417. The van der Waals surface area contributed by atoms with Gasteiger partial charge in [-0.1, -0.05) is 12.1 Å². The third-order valence-electron chi connectivity index (χ3n) is 3.02. The molecular formula is C12H16N2O6. The number of carbonyl (C=O) groups excluding carboxylic acids is 1. The number of rotatable bonds is 4. The van der Waals surface area contributed by atoms with Crippen LogP contribution in [0.2, 0.25) is 0 Å². The molecule has 8 heteroatoms. The molecule has 0 spiro atoms. The zero-order valence-corrected chi connectivity index (χ0v) is 10.4. The molecule has 1 saturated heterocycles. The second-order valence-corrected chi connectivity index (χ2v) is 4.37. The van der Waals surface area contributed by atoms with Crippen molar-refractivity contribution in [3.05, 3.63) is 29.8 Å². The topological polar surface area (TPSA) is 131 Å². The molecule has 0 radical (unpaired) electrons. The first kappa shape index (κ1) is 14.7. The highest BCUT2D eigenvalue weighted by Crippen LogP contribution is 2.19. The van der Waals surface area contributed by atoms with E-state index in [0.29, 0.717) is 0 Å². The minimum atomic E-state index is -1.29. The predicted molar refractivity (Wildman–Crippen MR) is 66.5 cm³/mol. The molecule has 8 nitrogen and oxygen atoms in total. The van der Waals surface area contributed by atoms with Gasteiger partial charge in [-0.3, -0.25) is 10.2 Å². The fourth-order valence-electron chi connectivity index (χ4n) is 1.89. The van der Waals surface area contributed by atoms with E-state index in [2.05, 4.69) is 10.9 Å². The van der Waals surface area contributed by atoms with Crippen molar-refractivity contribution in [1.29, 1.82) is 0 Å². The van der Waals surface area contributed by atoms with Crippen molar-refractivity contribution in [2.24, 2.45) is 0 Å². The van der Waals surface area contributed by atoms with Gasteiger partial charge < -0.3 is 25.2 Å². The van der Waals surface area contributed by atoms with E-state index < -0.39 is 37.1 Å². The maximum Gasteiger partial charge on any atom is 0.269 e. The number of hydrazine groups is 1. The van der Waals surface area contributed by atoms with Crippen LogP contribution in [0.25, 0.3) is 0 Å². The molecule has 2 rings (SSSR count). The van der Waals surface area contributed by atoms with E-state index in [-0.39, 0.29) is 11.3 Å². The molecular weight excluding hydrogens is 268 g/mol. The number of nitrogens with one attached hydrogen (secondary N) is 2. The number of aliphatic hydroxyl groups is 3. The molecule has 1 amide bonds. The lowest BCUT2D eigenvalue weighted by molar-refractivity contribution is -0.0375. The predicted octanol–water partition coefficient (Wildman–Crippen LogP) is -1.93. The molecule has 1 heterocycles. The summed E-state index contributed by atoms with van der Waals surface area (Å²) in [5, 5.41) is 37.6. The van der Waals surface area contributed by atoms with Gasteiger partial charge in [-0.2, -0.15) is 0 Å². The van der Waals surface area contributed by atoms with Crippen LogP contribution < -0.4 is 10.9 Å². The van der Waals surface area contributed by atoms with Gasteiger partial charge in [0.1, 0.15) is 24.1 Å². The number of aliphatic hydroxyl groups excluding tert-OH is 3. The number of hydrogen-bond acceptors (Lipinski definition) is 7. The lowest BCUT2D eigenvalue weighted by Crippen LogP contribution is -2.49. The van der Waals surface area contributed by atoms with Crippen LogP contribution in [0.15, 0.2) is 24.3 Å². The largest absolute Gasteiger partial charge is 0.507 e. The number of benzene rings is 1. The second kappa shape index (κ2) is 6.16. The van der Waals surface area contributed by atoms with Gasteiger partial charge in [0, 0.05) is 0 Å². The second-order valence-electron chi connectivity index (χ2n) is 4.37. The van der Waals surface area contributed by atoms with E-state index in [9.17, 15) is 20.1 Å². The lowest BCUT2D eigenvalue weighted by atomic mass is 10.1. The van der Waals surface area contributed by atoms with Crippen LogP contribution >= 0.6 is 0 Å². The van der Waals surface area contributed by atoms with Crippen LogP contribution in [0.4, 0.5) is 0 Å². The van der Waals surface area contributed by atoms with Crippen LogP contribution in [0.5, 0.6) is 5.75 Å². The first-order valence-electron chi connectivity index (χ1n) is 6.01. The Balaban J connectivity index is 1.93. The number of para-hydroxylation sites is 1. The molecule has 110 valence electrons. The normalized spacial score (nSPS) is 29.4. The zero-order chi connectivity index (χ0) is 14.7. The summed E-state index contributed by atoms with van der Waals surface area (Å²) < 4.78 is 5.11. The molecule has 0 aromatic heterocycles. The summed E-state index contributed by atoms with van der Waals surface area (Å²) in [5.74, 6) is -0.811. The third-order valence-corrected chi connectivity index (χ3v) is 3.02. The van der Waals surface area contributed by atoms with Crippen LogP contribution in [0.3, 0.4) is 0 Å². The van der Waals surface area contributed by atoms with Crippen molar-refractivity contribution in [3.63, 3.8) is 0 Å². The monoisotopic (exact) mass is 284 g/mol. The van der Waals surface area contributed by atoms with Crippen molar-refractivity contribution < 1.29 is 30.0 Å². The van der Waals surface area contributed by atoms with Crippen LogP contribution in [0, 0.1) is 0 Å². The minimum Gasteiger partial charge on any atom is -0.507 e. The first-order valence-corrected chi connectivity index (χ1v) is 6.01. The summed E-state index contributed by atoms with van der Waals surface area (Å²) in [4.78, 5) is 11.8. The number of ether oxygens (including phenoxy) is 1. The molecule has 1 aromatic carbocycles. The highest BCUT2D eigenvalue weighted by atomic mass is 16.6. The third kappa shape index (κ3) is 2.89. The summed E-state index contributed by atoms with van der Waals surface area (Å²) in [5.41, 5.74) is 4.70. The van der Waals surface area contributed by atoms with Gasteiger partial charge in [0.15, 0.2) is 6.23 Å². The van der Waals surface area contributed by atoms with Crippen molar-refractivity contribution in [1.82, 2.24) is 10.9 Å². The average Bonchev–Trinajstić information content (AvgIpc) is 2.72. The Morgan fingerprint density at radius 3 is 2.55 bits per heavy atom. The number of aromatic hydroxyl groups is 1. The number of hydrogen-bond donors (Lipinski definition) is 6. The Morgan fingerprint density at radius 2 is 1.95 bits per heavy atom. The Labute approximate surface area is 114 Å². The standard InChI is InChI=1S/C12H16N2O6/c15-5-8-9(17)10(18)12(20-8)14-13-11(19)6-3-1-2-4-7(6)16/h1-4,8-10,12,14-18H,5H2,(H,13,19)/t8-,9+,10+,12-/m0/s1. The van der Waals surface area contributed by atoms with Gasteiger partial charge in [-0.25, -0.2) is 5.43 Å². The Morgan fingerprint density at radius 1 is 1.25 bits per heavy atom. The molecule has 1 fully saturated rings. The number of carbonyl (C=O) groups is 1. The minimum absolute atomic E-state index is 0.0479. The maximum atomic E-state index is 11.8. The van der Waals surface area contributed by atoms with Gasteiger partial charge in [0.2, 0.25) is 0 Å². The zero-order valence-electron chi connectivity index (χ0n) is 10.4. The lowest BCUT2D eigenvalue weighted by Gasteiger charge is -2.17. The van der Waals surface area contributed by atoms with Gasteiger partial charge >= 0.3 is 0 Å². The van der Waals surface area contributed by atoms with Crippen LogP contribution in [-0.2, 0) is 4.74 Å². The quantitative estimate of drug-likeness (QED) is 0.355. The van der Waals surface area contributed by atoms with Gasteiger partial charge in [0.25, 0.3) is 5.91 Å². The Kier molecular flexibility index (Phi) is 4.53. The van der Waals surface area contributed by atoms with E-state index in [4.69, 9.17) is 9.84 Å². The maximum absolute atomic E-state index is 11.8. The molecule has 4 atom stereocenters. The highest BCUT2D eigenvalue weighted by Gasteiger charge is 2.42. The van der Waals surface area contributed by atoms with E-state index in [1.54, 1.807) is 12.1 Å². The Bertz CT molecular complexity index is 483. The smallest absolute Gasteiger partial charge is 0.269 e. The van der Waals surface area contributed by atoms with Crippen molar-refractivity contribution in [2.45, 2.75) is 24.5 Å². The first-order chi connectivity index (χ1) is 9.54. The summed E-state index contributed by atoms with van der Waals surface area (Å²) >= 11 is 0. The molecule has 0 saturated carbocycles. The SMILES string of the molecule is O=C(NN[C@H]1O[C@@H](CO)[C@@H](O)[C@H]1O)c1ccccc1O. The van der Waals surface area contributed by atoms with Gasteiger partial charge in [0.05, 0.1) is 12.2 Å². The number of phenols is 1. The van der Waals surface area contributed by atoms with Crippen LogP contribution in [0.1, 0.15) is 10.4 Å². The van der Waals surface area contributed by atoms with E-state index in [1.807, 2.05) is 0 Å². The molecule has 20 heavy (non-hydrogen) atoms. The molecule has 1 aliphatic heterocycles. The summed E-state index contributed by atoms with van der Waals surface area (Å²) in [6, 6.07) is 5.94. The highest BCUT2D eigenvalue weighted by molar-refractivity contribution is 5.96. The van der Waals surface area contributed by atoms with Crippen molar-refractivity contribution >= 4 is 5.91 Å². The summed E-state index contributed by atoms with van der Waals surface area (Å²) in [7, 11) is 0. The Hall–Kier alpha value is -1.71. The fourth-order valence-corrected chi connectivity index (χ4v) is 1.89. The van der Waals surface area contributed by atoms with E-state index in [0.717, 1.165) is 0 Å². The van der Waals surface area contributed by atoms with Crippen LogP contribution in [-0.4, -0.2) is 57.5 Å². The summed E-state index contributed by atoms with van der Waals surface area (Å²) in [6.45, 7) is -0.455. The van der Waals surface area contributed by atoms with Crippen molar-refractivity contribution in [2.75, 3.05) is 6.61 Å². The number of amides is 1. The molecule has 0 bridgehead atoms. The molecule has 6 N–H and O–H groups in total. The van der Waals surface area contributed by atoms with E-state index >= 15 is 0 Å². The molecule has 0 unspecified atom stereocenters. The molecule has 0 aliphatic carbocycles. The van der Waals surface area contributed by atoms with Crippen molar-refractivity contribution in [3.8, 4) is 5.75 Å². The average molecular weight is 284 g/mol. The van der Waals surface area contributed by atoms with Gasteiger partial charge in [-0.05, 0) is 12.1 Å². The molecule has 1 aliphatic rings.